The van der Waals surface area contributed by atoms with E-state index in [4.69, 9.17) is 9.47 Å². The number of nitrogens with one attached hydrogen (secondary N) is 1. The lowest BCUT2D eigenvalue weighted by molar-refractivity contribution is -0.123. The molecule has 0 heterocycles. The zero-order valence-electron chi connectivity index (χ0n) is 11.7. The minimum atomic E-state index is -0.211. The molecular formula is C14H18BrNO4. The highest BCUT2D eigenvalue weighted by Crippen LogP contribution is 2.32. The Hall–Kier alpha value is -1.56. The Labute approximate surface area is 126 Å². The Morgan fingerprint density at radius 3 is 2.70 bits per heavy atom. The molecule has 0 radical (unpaired) electrons. The third-order valence-corrected chi connectivity index (χ3v) is 3.48. The fourth-order valence-corrected chi connectivity index (χ4v) is 1.89. The summed E-state index contributed by atoms with van der Waals surface area (Å²) < 4.78 is 11.2. The number of ether oxygens (including phenoxy) is 2. The summed E-state index contributed by atoms with van der Waals surface area (Å²) in [5.74, 6) is 0.605. The van der Waals surface area contributed by atoms with Crippen molar-refractivity contribution in [3.8, 4) is 11.5 Å². The van der Waals surface area contributed by atoms with Gasteiger partial charge in [-0.3, -0.25) is 9.59 Å². The summed E-state index contributed by atoms with van der Waals surface area (Å²) in [4.78, 5) is 22.5. The molecule has 1 amide bonds. The Morgan fingerprint density at radius 1 is 1.45 bits per heavy atom. The maximum absolute atomic E-state index is 11.7. The number of aldehydes is 1. The molecular weight excluding hydrogens is 326 g/mol. The van der Waals surface area contributed by atoms with Crippen LogP contribution in [0.1, 0.15) is 30.6 Å². The van der Waals surface area contributed by atoms with Crippen LogP contribution in [-0.2, 0) is 4.79 Å². The average molecular weight is 344 g/mol. The second-order valence-electron chi connectivity index (χ2n) is 4.31. The highest BCUT2D eigenvalue weighted by Gasteiger charge is 2.12. The number of carbonyl (C=O) groups is 2. The van der Waals surface area contributed by atoms with E-state index in [9.17, 15) is 9.59 Å². The molecule has 20 heavy (non-hydrogen) atoms. The first kappa shape index (κ1) is 16.5. The molecule has 0 fully saturated rings. The molecule has 0 unspecified atom stereocenters. The van der Waals surface area contributed by atoms with Gasteiger partial charge in [-0.15, -0.1) is 0 Å². The van der Waals surface area contributed by atoms with Crippen LogP contribution in [0.3, 0.4) is 0 Å². The van der Waals surface area contributed by atoms with Crippen molar-refractivity contribution in [2.45, 2.75) is 26.3 Å². The average Bonchev–Trinajstić information content (AvgIpc) is 2.45. The van der Waals surface area contributed by atoms with Crippen molar-refractivity contribution >= 4 is 28.1 Å². The van der Waals surface area contributed by atoms with Crippen LogP contribution in [-0.4, -0.2) is 32.0 Å². The van der Waals surface area contributed by atoms with Gasteiger partial charge in [0.25, 0.3) is 5.91 Å². The van der Waals surface area contributed by atoms with E-state index in [1.54, 1.807) is 6.07 Å². The Bertz CT molecular complexity index is 490. The molecule has 0 aliphatic heterocycles. The van der Waals surface area contributed by atoms with Gasteiger partial charge in [0.2, 0.25) is 0 Å². The highest BCUT2D eigenvalue weighted by atomic mass is 79.9. The number of halogens is 1. The van der Waals surface area contributed by atoms with Crippen molar-refractivity contribution in [1.29, 1.82) is 0 Å². The maximum Gasteiger partial charge on any atom is 0.258 e. The summed E-state index contributed by atoms with van der Waals surface area (Å²) in [7, 11) is 1.49. The van der Waals surface area contributed by atoms with E-state index in [1.165, 1.54) is 13.2 Å². The smallest absolute Gasteiger partial charge is 0.258 e. The summed E-state index contributed by atoms with van der Waals surface area (Å²) in [6.45, 7) is 3.78. The molecule has 1 N–H and O–H groups in total. The van der Waals surface area contributed by atoms with Crippen molar-refractivity contribution in [3.63, 3.8) is 0 Å². The van der Waals surface area contributed by atoms with Gasteiger partial charge in [-0.05, 0) is 41.4 Å². The summed E-state index contributed by atoms with van der Waals surface area (Å²) in [5.41, 5.74) is 0.433. The molecule has 5 nitrogen and oxygen atoms in total. The summed E-state index contributed by atoms with van der Waals surface area (Å²) in [5, 5.41) is 2.79. The number of hydrogen-bond donors (Lipinski definition) is 1. The van der Waals surface area contributed by atoms with E-state index in [0.29, 0.717) is 27.8 Å². The van der Waals surface area contributed by atoms with E-state index in [0.717, 1.165) is 6.42 Å². The minimum Gasteiger partial charge on any atom is -0.493 e. The van der Waals surface area contributed by atoms with Crippen LogP contribution in [0, 0.1) is 0 Å². The lowest BCUT2D eigenvalue weighted by Crippen LogP contribution is -2.35. The number of hydrogen-bond acceptors (Lipinski definition) is 4. The third kappa shape index (κ3) is 4.52. The van der Waals surface area contributed by atoms with E-state index < -0.39 is 0 Å². The van der Waals surface area contributed by atoms with Crippen LogP contribution in [0.2, 0.25) is 0 Å². The number of rotatable bonds is 7. The van der Waals surface area contributed by atoms with Gasteiger partial charge in [0.05, 0.1) is 7.11 Å². The second kappa shape index (κ2) is 7.89. The van der Waals surface area contributed by atoms with Crippen LogP contribution in [0.25, 0.3) is 0 Å². The lowest BCUT2D eigenvalue weighted by atomic mass is 10.2. The van der Waals surface area contributed by atoms with E-state index in [1.807, 2.05) is 13.8 Å². The van der Waals surface area contributed by atoms with Crippen molar-refractivity contribution in [3.05, 3.63) is 22.2 Å². The van der Waals surface area contributed by atoms with Gasteiger partial charge in [-0.1, -0.05) is 6.92 Å². The Kier molecular flexibility index (Phi) is 6.51. The van der Waals surface area contributed by atoms with Crippen LogP contribution < -0.4 is 14.8 Å². The first-order chi connectivity index (χ1) is 9.51. The fraction of sp³-hybridized carbons (Fsp3) is 0.429. The van der Waals surface area contributed by atoms with Gasteiger partial charge in [0.15, 0.2) is 24.4 Å². The fourth-order valence-electron chi connectivity index (χ4n) is 1.48. The topological polar surface area (TPSA) is 64.6 Å². The molecule has 0 spiro atoms. The van der Waals surface area contributed by atoms with Crippen LogP contribution in [0.15, 0.2) is 16.6 Å². The zero-order valence-corrected chi connectivity index (χ0v) is 13.3. The SMILES string of the molecule is CC[C@@H](C)NC(=O)COc1cc(C=O)c(Br)cc1OC. The van der Waals surface area contributed by atoms with Gasteiger partial charge in [0.1, 0.15) is 0 Å². The summed E-state index contributed by atoms with van der Waals surface area (Å²) in [6.07, 6.45) is 1.55. The molecule has 110 valence electrons. The number of benzene rings is 1. The van der Waals surface area contributed by atoms with Crippen LogP contribution in [0.4, 0.5) is 0 Å². The largest absolute Gasteiger partial charge is 0.493 e. The predicted molar refractivity (Wildman–Crippen MR) is 79.5 cm³/mol. The standard InChI is InChI=1S/C14H18BrNO4/c1-4-9(2)16-14(18)8-20-13-5-10(7-17)11(15)6-12(13)19-3/h5-7,9H,4,8H2,1-3H3,(H,16,18)/t9-/m1/s1. The molecule has 0 aliphatic carbocycles. The van der Waals surface area contributed by atoms with E-state index in [-0.39, 0.29) is 18.6 Å². The molecule has 1 aromatic carbocycles. The van der Waals surface area contributed by atoms with Gasteiger partial charge < -0.3 is 14.8 Å². The van der Waals surface area contributed by atoms with Gasteiger partial charge in [0, 0.05) is 16.1 Å². The summed E-state index contributed by atoms with van der Waals surface area (Å²) in [6, 6.07) is 3.27. The van der Waals surface area contributed by atoms with Crippen molar-refractivity contribution in [2.24, 2.45) is 0 Å². The molecule has 0 aromatic heterocycles. The normalized spacial score (nSPS) is 11.6. The molecule has 1 aromatic rings. The zero-order chi connectivity index (χ0) is 15.1. The molecule has 1 atom stereocenters. The van der Waals surface area contributed by atoms with Gasteiger partial charge in [-0.25, -0.2) is 0 Å². The molecule has 0 saturated carbocycles. The summed E-state index contributed by atoms with van der Waals surface area (Å²) >= 11 is 3.26. The van der Waals surface area contributed by atoms with Gasteiger partial charge in [-0.2, -0.15) is 0 Å². The van der Waals surface area contributed by atoms with Crippen molar-refractivity contribution < 1.29 is 19.1 Å². The number of amides is 1. The van der Waals surface area contributed by atoms with Crippen LogP contribution in [0.5, 0.6) is 11.5 Å². The van der Waals surface area contributed by atoms with Crippen molar-refractivity contribution in [2.75, 3.05) is 13.7 Å². The predicted octanol–water partition coefficient (Wildman–Crippen LogP) is 2.56. The monoisotopic (exact) mass is 343 g/mol. The second-order valence-corrected chi connectivity index (χ2v) is 5.16. The Balaban J connectivity index is 2.76. The van der Waals surface area contributed by atoms with Crippen LogP contribution >= 0.6 is 15.9 Å². The van der Waals surface area contributed by atoms with Crippen molar-refractivity contribution in [1.82, 2.24) is 5.32 Å². The number of methoxy groups -OCH3 is 1. The maximum atomic E-state index is 11.7. The highest BCUT2D eigenvalue weighted by molar-refractivity contribution is 9.10. The van der Waals surface area contributed by atoms with Gasteiger partial charge >= 0.3 is 0 Å². The molecule has 0 saturated heterocycles. The minimum absolute atomic E-state index is 0.100. The molecule has 6 heteroatoms. The Morgan fingerprint density at radius 2 is 2.15 bits per heavy atom. The van der Waals surface area contributed by atoms with E-state index >= 15 is 0 Å². The molecule has 0 bridgehead atoms. The van der Waals surface area contributed by atoms with E-state index in [2.05, 4.69) is 21.2 Å². The first-order valence-corrected chi connectivity index (χ1v) is 7.06. The third-order valence-electron chi connectivity index (χ3n) is 2.79. The molecule has 1 rings (SSSR count). The lowest BCUT2D eigenvalue weighted by Gasteiger charge is -2.14. The molecule has 0 aliphatic rings. The quantitative estimate of drug-likeness (QED) is 0.772. The first-order valence-electron chi connectivity index (χ1n) is 6.26. The number of carbonyl (C=O) groups excluding carboxylic acids is 2.